The number of amides is 1. The quantitative estimate of drug-likeness (QED) is 0.606. The monoisotopic (exact) mass is 406 g/mol. The van der Waals surface area contributed by atoms with Gasteiger partial charge in [0.05, 0.1) is 12.7 Å². The molecule has 2 heterocycles. The van der Waals surface area contributed by atoms with E-state index < -0.39 is 12.1 Å². The molecule has 6 heteroatoms. The standard InChI is InChI=1S/C24H26N2O4/c1-17-8-9-21-19(16-29-22(21)14-17)15-23(27)30-18(2)24(28)26-12-10-25(11-13-26)20-6-4-3-5-7-20/h3-9,14,16,18H,10-13,15H2,1-2H3. The smallest absolute Gasteiger partial charge is 0.311 e. The van der Waals surface area contributed by atoms with E-state index in [0.29, 0.717) is 13.1 Å². The van der Waals surface area contributed by atoms with E-state index in [-0.39, 0.29) is 12.3 Å². The molecule has 0 radical (unpaired) electrons. The molecule has 156 valence electrons. The number of furan rings is 1. The minimum absolute atomic E-state index is 0.0788. The van der Waals surface area contributed by atoms with Crippen molar-refractivity contribution in [1.29, 1.82) is 0 Å². The molecule has 1 fully saturated rings. The van der Waals surface area contributed by atoms with Crippen molar-refractivity contribution in [3.63, 3.8) is 0 Å². The van der Waals surface area contributed by atoms with Gasteiger partial charge in [-0.25, -0.2) is 0 Å². The molecule has 0 spiro atoms. The zero-order valence-electron chi connectivity index (χ0n) is 17.3. The summed E-state index contributed by atoms with van der Waals surface area (Å²) >= 11 is 0. The second-order valence-electron chi connectivity index (χ2n) is 7.72. The number of hydrogen-bond donors (Lipinski definition) is 0. The highest BCUT2D eigenvalue weighted by molar-refractivity contribution is 5.88. The first-order valence-electron chi connectivity index (χ1n) is 10.3. The van der Waals surface area contributed by atoms with Gasteiger partial charge in [0.15, 0.2) is 6.10 Å². The topological polar surface area (TPSA) is 63.0 Å². The fourth-order valence-corrected chi connectivity index (χ4v) is 3.85. The van der Waals surface area contributed by atoms with Crippen LogP contribution in [0.4, 0.5) is 5.69 Å². The Kier molecular flexibility index (Phi) is 5.74. The zero-order valence-corrected chi connectivity index (χ0v) is 17.3. The maximum absolute atomic E-state index is 12.7. The van der Waals surface area contributed by atoms with Gasteiger partial charge in [0.1, 0.15) is 5.58 Å². The minimum Gasteiger partial charge on any atom is -0.464 e. The molecule has 2 aromatic carbocycles. The number of carbonyl (C=O) groups is 2. The summed E-state index contributed by atoms with van der Waals surface area (Å²) in [5.41, 5.74) is 3.77. The molecule has 1 aliphatic rings. The summed E-state index contributed by atoms with van der Waals surface area (Å²) in [4.78, 5) is 29.2. The highest BCUT2D eigenvalue weighted by Gasteiger charge is 2.27. The lowest BCUT2D eigenvalue weighted by Crippen LogP contribution is -2.51. The lowest BCUT2D eigenvalue weighted by Gasteiger charge is -2.37. The number of hydrogen-bond acceptors (Lipinski definition) is 5. The third kappa shape index (κ3) is 4.32. The number of ether oxygens (including phenoxy) is 1. The van der Waals surface area contributed by atoms with Gasteiger partial charge in [0, 0.05) is 42.8 Å². The summed E-state index contributed by atoms with van der Waals surface area (Å²) < 4.78 is 11.0. The van der Waals surface area contributed by atoms with Gasteiger partial charge in [-0.15, -0.1) is 0 Å². The van der Waals surface area contributed by atoms with E-state index in [1.807, 2.05) is 43.3 Å². The minimum atomic E-state index is -0.804. The Morgan fingerprint density at radius 1 is 1.07 bits per heavy atom. The summed E-state index contributed by atoms with van der Waals surface area (Å²) in [5, 5.41) is 0.897. The number of rotatable bonds is 5. The lowest BCUT2D eigenvalue weighted by molar-refractivity contribution is -0.158. The van der Waals surface area contributed by atoms with E-state index in [4.69, 9.17) is 9.15 Å². The maximum atomic E-state index is 12.7. The van der Waals surface area contributed by atoms with Gasteiger partial charge in [-0.05, 0) is 37.6 Å². The summed E-state index contributed by atoms with van der Waals surface area (Å²) in [7, 11) is 0. The van der Waals surface area contributed by atoms with Crippen molar-refractivity contribution in [2.75, 3.05) is 31.1 Å². The molecule has 4 rings (SSSR count). The van der Waals surface area contributed by atoms with Crippen molar-refractivity contribution >= 4 is 28.5 Å². The van der Waals surface area contributed by atoms with Gasteiger partial charge in [0.25, 0.3) is 5.91 Å². The molecular formula is C24H26N2O4. The predicted octanol–water partition coefficient (Wildman–Crippen LogP) is 3.56. The Morgan fingerprint density at radius 3 is 2.53 bits per heavy atom. The summed E-state index contributed by atoms with van der Waals surface area (Å²) in [6.07, 6.45) is 0.858. The molecule has 1 unspecified atom stereocenters. The number of carbonyl (C=O) groups excluding carboxylic acids is 2. The number of nitrogens with zero attached hydrogens (tertiary/aromatic N) is 2. The van der Waals surface area contributed by atoms with Gasteiger partial charge in [-0.1, -0.05) is 30.3 Å². The normalized spacial score (nSPS) is 15.3. The molecule has 30 heavy (non-hydrogen) atoms. The fraction of sp³-hybridized carbons (Fsp3) is 0.333. The van der Waals surface area contributed by atoms with Crippen LogP contribution < -0.4 is 4.90 Å². The Labute approximate surface area is 176 Å². The van der Waals surface area contributed by atoms with E-state index in [0.717, 1.165) is 40.9 Å². The number of aryl methyl sites for hydroxylation is 1. The first kappa shape index (κ1) is 20.0. The molecule has 0 aliphatic carbocycles. The number of piperazine rings is 1. The van der Waals surface area contributed by atoms with Crippen molar-refractivity contribution in [3.8, 4) is 0 Å². The van der Waals surface area contributed by atoms with Gasteiger partial charge in [-0.2, -0.15) is 0 Å². The third-order valence-corrected chi connectivity index (χ3v) is 5.51. The second-order valence-corrected chi connectivity index (χ2v) is 7.72. The van der Waals surface area contributed by atoms with Gasteiger partial charge >= 0.3 is 5.97 Å². The maximum Gasteiger partial charge on any atom is 0.311 e. The summed E-state index contributed by atoms with van der Waals surface area (Å²) in [6, 6.07) is 16.0. The van der Waals surface area contributed by atoms with E-state index in [2.05, 4.69) is 17.0 Å². The van der Waals surface area contributed by atoms with Crippen molar-refractivity contribution in [3.05, 3.63) is 65.9 Å². The number of para-hydroxylation sites is 1. The van der Waals surface area contributed by atoms with E-state index in [1.165, 1.54) is 0 Å². The van der Waals surface area contributed by atoms with Crippen LogP contribution in [0.3, 0.4) is 0 Å². The van der Waals surface area contributed by atoms with E-state index in [9.17, 15) is 9.59 Å². The Bertz CT molecular complexity index is 1040. The Balaban J connectivity index is 1.30. The first-order chi connectivity index (χ1) is 14.5. The van der Waals surface area contributed by atoms with Crippen LogP contribution in [0, 0.1) is 6.92 Å². The summed E-state index contributed by atoms with van der Waals surface area (Å²) in [5.74, 6) is -0.578. The van der Waals surface area contributed by atoms with Crippen LogP contribution in [0.1, 0.15) is 18.1 Å². The van der Waals surface area contributed by atoms with Crippen LogP contribution in [0.15, 0.2) is 59.2 Å². The molecule has 1 aliphatic heterocycles. The number of fused-ring (bicyclic) bond motifs is 1. The molecule has 0 saturated carbocycles. The predicted molar refractivity (Wildman–Crippen MR) is 115 cm³/mol. The Morgan fingerprint density at radius 2 is 1.80 bits per heavy atom. The van der Waals surface area contributed by atoms with Crippen molar-refractivity contribution in [1.82, 2.24) is 4.90 Å². The van der Waals surface area contributed by atoms with Crippen LogP contribution in [0.2, 0.25) is 0 Å². The number of esters is 1. The molecule has 1 aromatic heterocycles. The van der Waals surface area contributed by atoms with Gasteiger partial charge < -0.3 is 19.0 Å². The number of benzene rings is 2. The van der Waals surface area contributed by atoms with Crippen LogP contribution in [-0.4, -0.2) is 49.1 Å². The fourth-order valence-electron chi connectivity index (χ4n) is 3.85. The third-order valence-electron chi connectivity index (χ3n) is 5.51. The molecule has 6 nitrogen and oxygen atoms in total. The molecular weight excluding hydrogens is 380 g/mol. The van der Waals surface area contributed by atoms with Crippen LogP contribution >= 0.6 is 0 Å². The van der Waals surface area contributed by atoms with E-state index >= 15 is 0 Å². The zero-order chi connectivity index (χ0) is 21.1. The number of anilines is 1. The van der Waals surface area contributed by atoms with Crippen LogP contribution in [-0.2, 0) is 20.7 Å². The highest BCUT2D eigenvalue weighted by Crippen LogP contribution is 2.23. The SMILES string of the molecule is Cc1ccc2c(CC(=O)OC(C)C(=O)N3CCN(c4ccccc4)CC3)coc2c1. The average Bonchev–Trinajstić information content (AvgIpc) is 3.15. The molecule has 0 bridgehead atoms. The lowest BCUT2D eigenvalue weighted by atomic mass is 10.1. The van der Waals surface area contributed by atoms with Crippen molar-refractivity contribution in [2.45, 2.75) is 26.4 Å². The van der Waals surface area contributed by atoms with Crippen LogP contribution in [0.25, 0.3) is 11.0 Å². The van der Waals surface area contributed by atoms with E-state index in [1.54, 1.807) is 18.1 Å². The summed E-state index contributed by atoms with van der Waals surface area (Å²) in [6.45, 7) is 6.37. The molecule has 1 amide bonds. The van der Waals surface area contributed by atoms with Gasteiger partial charge in [0.2, 0.25) is 0 Å². The van der Waals surface area contributed by atoms with Crippen molar-refractivity contribution < 1.29 is 18.7 Å². The van der Waals surface area contributed by atoms with Crippen LogP contribution in [0.5, 0.6) is 0 Å². The van der Waals surface area contributed by atoms with Gasteiger partial charge in [-0.3, -0.25) is 9.59 Å². The second kappa shape index (κ2) is 8.61. The average molecular weight is 406 g/mol. The molecule has 3 aromatic rings. The molecule has 0 N–H and O–H groups in total. The van der Waals surface area contributed by atoms with Crippen molar-refractivity contribution in [2.24, 2.45) is 0 Å². The molecule has 1 saturated heterocycles. The highest BCUT2D eigenvalue weighted by atomic mass is 16.5. The molecule has 1 atom stereocenters. The first-order valence-corrected chi connectivity index (χ1v) is 10.3. The largest absolute Gasteiger partial charge is 0.464 e. The Hall–Kier alpha value is -3.28.